The summed E-state index contributed by atoms with van der Waals surface area (Å²) in [5.41, 5.74) is 7.35. The molecule has 2 aromatic rings. The van der Waals surface area contributed by atoms with E-state index in [2.05, 4.69) is 42.9 Å². The van der Waals surface area contributed by atoms with E-state index in [1.165, 1.54) is 17.4 Å². The highest BCUT2D eigenvalue weighted by molar-refractivity contribution is 7.47. The van der Waals surface area contributed by atoms with Gasteiger partial charge >= 0.3 is 7.82 Å². The van der Waals surface area contributed by atoms with Crippen LogP contribution in [-0.4, -0.2) is 128 Å². The standard InChI is InChI=1S/C42H67N8O12P/c1-28(2)23-33(46-42(58)36-18-14-20-50(36)30(4)53)39(55)45-34(24-32-25-44-27-49(32)19-13-8-6-5-7-10-15-31-16-11-9-12-17-31)40(56)47-35(26-52)41(57)48-37(38(43)54)29(3)62-63(59,60)61-22-21-51/h9,11-12,16-17,25,27-29,33-37,51-52H,5-8,10,13-15,18-24,26H2,1-4H3,(H2,43,54)(H,45,55)(H,46,58)(H,47,56)(H,48,57)(H,59,60). The van der Waals surface area contributed by atoms with E-state index in [-0.39, 0.29) is 24.7 Å². The Labute approximate surface area is 369 Å². The number of carbonyl (C=O) groups is 6. The molecular formula is C42H67N8O12P. The minimum atomic E-state index is -4.81. The first-order valence-corrected chi connectivity index (χ1v) is 23.1. The van der Waals surface area contributed by atoms with Crippen molar-refractivity contribution in [3.8, 4) is 0 Å². The molecule has 1 aromatic heterocycles. The first-order chi connectivity index (χ1) is 30.0. The molecule has 0 bridgehead atoms. The Kier molecular flexibility index (Phi) is 22.4. The smallest absolute Gasteiger partial charge is 0.394 e. The fraction of sp³-hybridized carbons (Fsp3) is 0.643. The number of nitrogens with zero attached hydrogens (tertiary/aromatic N) is 3. The second-order valence-corrected chi connectivity index (χ2v) is 17.6. The van der Waals surface area contributed by atoms with E-state index in [1.54, 1.807) is 12.5 Å². The molecule has 3 rings (SSSR count). The Morgan fingerprint density at radius 1 is 0.889 bits per heavy atom. The number of hydrogen-bond acceptors (Lipinski definition) is 12. The summed E-state index contributed by atoms with van der Waals surface area (Å²) in [6.45, 7) is 5.05. The lowest BCUT2D eigenvalue weighted by Crippen LogP contribution is -2.61. The van der Waals surface area contributed by atoms with Gasteiger partial charge < -0.3 is 51.6 Å². The number of aromatic nitrogens is 2. The van der Waals surface area contributed by atoms with Crippen molar-refractivity contribution < 1.29 is 57.5 Å². The molecule has 2 heterocycles. The summed E-state index contributed by atoms with van der Waals surface area (Å²) in [4.78, 5) is 95.2. The molecule has 0 saturated carbocycles. The van der Waals surface area contributed by atoms with Crippen LogP contribution in [0.5, 0.6) is 0 Å². The Morgan fingerprint density at radius 3 is 2.16 bits per heavy atom. The molecule has 6 amide bonds. The molecule has 1 aliphatic heterocycles. The monoisotopic (exact) mass is 906 g/mol. The average Bonchev–Trinajstić information content (AvgIpc) is 3.91. The van der Waals surface area contributed by atoms with E-state index in [4.69, 9.17) is 15.4 Å². The van der Waals surface area contributed by atoms with Crippen molar-refractivity contribution in [3.63, 3.8) is 0 Å². The van der Waals surface area contributed by atoms with Crippen molar-refractivity contribution >= 4 is 43.3 Å². The first kappa shape index (κ1) is 52.6. The Hall–Kier alpha value is -4.72. The molecule has 7 unspecified atom stereocenters. The van der Waals surface area contributed by atoms with E-state index < -0.39 is 93.5 Å². The van der Waals surface area contributed by atoms with Gasteiger partial charge in [-0.25, -0.2) is 9.55 Å². The number of likely N-dealkylation sites (tertiary alicyclic amines) is 1. The van der Waals surface area contributed by atoms with Gasteiger partial charge in [0.2, 0.25) is 35.4 Å². The van der Waals surface area contributed by atoms with Crippen molar-refractivity contribution in [2.75, 3.05) is 26.4 Å². The molecule has 0 radical (unpaired) electrons. The van der Waals surface area contributed by atoms with Gasteiger partial charge in [0, 0.05) is 38.3 Å². The normalized spacial score (nSPS) is 17.2. The third kappa shape index (κ3) is 18.1. The van der Waals surface area contributed by atoms with Crippen LogP contribution in [0.1, 0.15) is 96.7 Å². The number of aliphatic hydroxyl groups is 2. The highest BCUT2D eigenvalue weighted by Crippen LogP contribution is 2.44. The minimum absolute atomic E-state index is 0.0841. The lowest BCUT2D eigenvalue weighted by molar-refractivity contribution is -0.139. The van der Waals surface area contributed by atoms with Gasteiger partial charge in [-0.2, -0.15) is 0 Å². The highest BCUT2D eigenvalue weighted by atomic mass is 31.2. The molecule has 20 nitrogen and oxygen atoms in total. The summed E-state index contributed by atoms with van der Waals surface area (Å²) < 4.78 is 23.6. The fourth-order valence-electron chi connectivity index (χ4n) is 7.36. The first-order valence-electron chi connectivity index (χ1n) is 21.6. The van der Waals surface area contributed by atoms with Crippen LogP contribution in [0, 0.1) is 5.92 Å². The molecule has 21 heteroatoms. The van der Waals surface area contributed by atoms with Crippen molar-refractivity contribution in [1.82, 2.24) is 35.7 Å². The van der Waals surface area contributed by atoms with Crippen LogP contribution >= 0.6 is 7.82 Å². The maximum absolute atomic E-state index is 14.1. The van der Waals surface area contributed by atoms with Crippen LogP contribution < -0.4 is 27.0 Å². The summed E-state index contributed by atoms with van der Waals surface area (Å²) in [7, 11) is -4.81. The molecule has 1 aromatic carbocycles. The van der Waals surface area contributed by atoms with E-state index in [0.29, 0.717) is 31.6 Å². The van der Waals surface area contributed by atoms with Gasteiger partial charge in [0.05, 0.1) is 32.3 Å². The number of aliphatic hydroxyl groups excluding tert-OH is 2. The van der Waals surface area contributed by atoms with Crippen molar-refractivity contribution in [1.29, 1.82) is 0 Å². The summed E-state index contributed by atoms with van der Waals surface area (Å²) in [6.07, 6.45) is 9.90. The number of aryl methyl sites for hydroxylation is 2. The third-order valence-corrected chi connectivity index (χ3v) is 11.7. The van der Waals surface area contributed by atoms with Gasteiger partial charge in [0.25, 0.3) is 0 Å². The van der Waals surface area contributed by atoms with Gasteiger partial charge in [-0.15, -0.1) is 0 Å². The van der Waals surface area contributed by atoms with Gasteiger partial charge in [-0.1, -0.05) is 69.9 Å². The maximum atomic E-state index is 14.1. The number of carbonyl (C=O) groups excluding carboxylic acids is 6. The zero-order valence-electron chi connectivity index (χ0n) is 36.8. The predicted octanol–water partition coefficient (Wildman–Crippen LogP) is 0.997. The number of unbranched alkanes of at least 4 members (excludes halogenated alkanes) is 5. The fourth-order valence-corrected chi connectivity index (χ4v) is 8.27. The van der Waals surface area contributed by atoms with E-state index in [9.17, 15) is 43.3 Å². The zero-order chi connectivity index (χ0) is 46.5. The number of nitrogens with one attached hydrogen (secondary N) is 4. The summed E-state index contributed by atoms with van der Waals surface area (Å²) in [5.74, 6) is -4.78. The summed E-state index contributed by atoms with van der Waals surface area (Å²) in [6, 6.07) is 3.63. The Balaban J connectivity index is 1.77. The largest absolute Gasteiger partial charge is 0.472 e. The molecule has 1 fully saturated rings. The number of hydrogen-bond donors (Lipinski definition) is 8. The summed E-state index contributed by atoms with van der Waals surface area (Å²) >= 11 is 0. The quantitative estimate of drug-likeness (QED) is 0.0418. The highest BCUT2D eigenvalue weighted by Gasteiger charge is 2.38. The van der Waals surface area contributed by atoms with Crippen LogP contribution in [0.4, 0.5) is 0 Å². The number of benzene rings is 1. The molecule has 352 valence electrons. The molecule has 7 atom stereocenters. The second kappa shape index (κ2) is 26.8. The van der Waals surface area contributed by atoms with Gasteiger partial charge in [0.1, 0.15) is 30.2 Å². The van der Waals surface area contributed by atoms with Gasteiger partial charge in [-0.3, -0.25) is 37.8 Å². The Bertz CT molecular complexity index is 1830. The molecule has 9 N–H and O–H groups in total. The van der Waals surface area contributed by atoms with Crippen LogP contribution in [0.15, 0.2) is 42.9 Å². The topological polar surface area (TPSA) is 294 Å². The van der Waals surface area contributed by atoms with Gasteiger partial charge in [0.15, 0.2) is 0 Å². The lowest BCUT2D eigenvalue weighted by atomic mass is 10.0. The molecule has 1 saturated heterocycles. The third-order valence-electron chi connectivity index (χ3n) is 10.6. The molecule has 0 spiro atoms. The second-order valence-electron chi connectivity index (χ2n) is 16.2. The van der Waals surface area contributed by atoms with E-state index in [1.807, 2.05) is 36.6 Å². The van der Waals surface area contributed by atoms with Crippen molar-refractivity contribution in [3.05, 3.63) is 54.1 Å². The van der Waals surface area contributed by atoms with Crippen LogP contribution in [0.2, 0.25) is 0 Å². The van der Waals surface area contributed by atoms with Crippen LogP contribution in [0.25, 0.3) is 0 Å². The molecule has 0 aliphatic carbocycles. The average molecular weight is 907 g/mol. The predicted molar refractivity (Wildman–Crippen MR) is 231 cm³/mol. The van der Waals surface area contributed by atoms with Crippen LogP contribution in [0.3, 0.4) is 0 Å². The van der Waals surface area contributed by atoms with E-state index >= 15 is 0 Å². The minimum Gasteiger partial charge on any atom is -0.394 e. The Morgan fingerprint density at radius 2 is 1.52 bits per heavy atom. The SMILES string of the molecule is CC(=O)N1CCCC1C(=O)NC(CC(C)C)C(=O)NC(Cc1cncn1CCCCCCCCc1ccccc1)C(=O)NC(CO)C(=O)NC(C(N)=O)C(C)OP(=O)(O)OCCO. The van der Waals surface area contributed by atoms with Crippen LogP contribution in [-0.2, 0) is 61.8 Å². The molecule has 63 heavy (non-hydrogen) atoms. The number of rotatable bonds is 29. The van der Waals surface area contributed by atoms with Gasteiger partial charge in [-0.05, 0) is 56.9 Å². The number of primary amides is 1. The maximum Gasteiger partial charge on any atom is 0.472 e. The number of nitrogens with two attached hydrogens (primary N) is 1. The number of phosphoric ester groups is 1. The van der Waals surface area contributed by atoms with Crippen molar-refractivity contribution in [2.24, 2.45) is 11.7 Å². The van der Waals surface area contributed by atoms with Crippen molar-refractivity contribution in [2.45, 2.75) is 141 Å². The molecule has 1 aliphatic rings. The molecular weight excluding hydrogens is 839 g/mol. The number of phosphoric acid groups is 1. The van der Waals surface area contributed by atoms with E-state index in [0.717, 1.165) is 51.9 Å². The zero-order valence-corrected chi connectivity index (χ0v) is 37.7. The lowest BCUT2D eigenvalue weighted by Gasteiger charge is -2.28. The number of imidazole rings is 1. The summed E-state index contributed by atoms with van der Waals surface area (Å²) in [5, 5.41) is 29.3. The number of amides is 6.